The molecule has 0 spiro atoms. The summed E-state index contributed by atoms with van der Waals surface area (Å²) in [7, 11) is 4.45. The fraction of sp³-hybridized carbons (Fsp3) is 1.00. The maximum Gasteiger partial charge on any atom is 0.0469 e. The van der Waals surface area contributed by atoms with Crippen LogP contribution < -0.4 is 5.32 Å². The van der Waals surface area contributed by atoms with Gasteiger partial charge >= 0.3 is 0 Å². The molecule has 1 saturated carbocycles. The van der Waals surface area contributed by atoms with Crippen molar-refractivity contribution >= 4 is 0 Å². The van der Waals surface area contributed by atoms with Gasteiger partial charge in [-0.1, -0.05) is 19.3 Å². The predicted octanol–water partition coefficient (Wildman–Crippen LogP) is 2.66. The highest BCUT2D eigenvalue weighted by atomic mass is 16.5. The van der Waals surface area contributed by atoms with Crippen LogP contribution in [0, 0.1) is 5.92 Å². The van der Waals surface area contributed by atoms with E-state index in [1.807, 2.05) is 0 Å². The monoisotopic (exact) mass is 268 g/mol. The van der Waals surface area contributed by atoms with E-state index in [-0.39, 0.29) is 0 Å². The van der Waals surface area contributed by atoms with E-state index in [2.05, 4.69) is 24.3 Å². The van der Waals surface area contributed by atoms with E-state index in [1.165, 1.54) is 64.5 Å². The minimum absolute atomic E-state index is 0.433. The number of hydrogen-bond donors (Lipinski definition) is 1. The van der Waals surface area contributed by atoms with Gasteiger partial charge in [-0.15, -0.1) is 0 Å². The van der Waals surface area contributed by atoms with Crippen LogP contribution in [-0.2, 0) is 4.74 Å². The van der Waals surface area contributed by atoms with Gasteiger partial charge < -0.3 is 15.0 Å². The van der Waals surface area contributed by atoms with Gasteiger partial charge in [-0.2, -0.15) is 0 Å². The van der Waals surface area contributed by atoms with Gasteiger partial charge in [0.05, 0.1) is 0 Å². The number of rotatable bonds is 6. The van der Waals surface area contributed by atoms with E-state index in [0.717, 1.165) is 19.1 Å². The van der Waals surface area contributed by atoms with E-state index in [9.17, 15) is 0 Å². The van der Waals surface area contributed by atoms with Crippen molar-refractivity contribution in [2.24, 2.45) is 5.92 Å². The molecule has 2 rings (SSSR count). The van der Waals surface area contributed by atoms with E-state index >= 15 is 0 Å². The second-order valence-electron chi connectivity index (χ2n) is 6.66. The molecule has 1 heterocycles. The molecule has 0 aromatic carbocycles. The maximum atomic E-state index is 5.44. The molecule has 0 atom stereocenters. The lowest BCUT2D eigenvalue weighted by molar-refractivity contribution is 0.0541. The molecule has 0 bridgehead atoms. The molecule has 0 aromatic heterocycles. The molecular formula is C16H32N2O. The lowest BCUT2D eigenvalue weighted by atomic mass is 9.79. The van der Waals surface area contributed by atoms with Gasteiger partial charge in [0.15, 0.2) is 0 Å². The summed E-state index contributed by atoms with van der Waals surface area (Å²) in [4.78, 5) is 2.55. The zero-order valence-electron chi connectivity index (χ0n) is 12.9. The molecule has 0 unspecified atom stereocenters. The average Bonchev–Trinajstić information content (AvgIpc) is 2.47. The smallest absolute Gasteiger partial charge is 0.0469 e. The second-order valence-corrected chi connectivity index (χ2v) is 6.66. The second kappa shape index (κ2) is 7.61. The van der Waals surface area contributed by atoms with Gasteiger partial charge in [-0.3, -0.25) is 0 Å². The SMILES string of the molecule is CNC1(CCN(C)CC2CCOCC2)CCCCC1. The first-order valence-electron chi connectivity index (χ1n) is 8.19. The van der Waals surface area contributed by atoms with Crippen molar-refractivity contribution in [1.82, 2.24) is 10.2 Å². The Kier molecular flexibility index (Phi) is 6.11. The topological polar surface area (TPSA) is 24.5 Å². The summed E-state index contributed by atoms with van der Waals surface area (Å²) >= 11 is 0. The van der Waals surface area contributed by atoms with Crippen LogP contribution in [0.2, 0.25) is 0 Å². The van der Waals surface area contributed by atoms with Gasteiger partial charge in [0.1, 0.15) is 0 Å². The van der Waals surface area contributed by atoms with Crippen LogP contribution in [-0.4, -0.2) is 50.8 Å². The molecule has 0 amide bonds. The highest BCUT2D eigenvalue weighted by Gasteiger charge is 2.30. The predicted molar refractivity (Wildman–Crippen MR) is 80.5 cm³/mol. The lowest BCUT2D eigenvalue weighted by Crippen LogP contribution is -2.47. The van der Waals surface area contributed by atoms with E-state index < -0.39 is 0 Å². The molecule has 2 aliphatic rings. The molecule has 0 radical (unpaired) electrons. The summed E-state index contributed by atoms with van der Waals surface area (Å²) in [5, 5.41) is 3.63. The molecule has 112 valence electrons. The first kappa shape index (κ1) is 15.3. The summed E-state index contributed by atoms with van der Waals surface area (Å²) in [6, 6.07) is 0. The number of nitrogens with zero attached hydrogens (tertiary/aromatic N) is 1. The zero-order valence-corrected chi connectivity index (χ0v) is 12.9. The summed E-state index contributed by atoms with van der Waals surface area (Å²) in [6.45, 7) is 4.43. The molecule has 3 heteroatoms. The van der Waals surface area contributed by atoms with Crippen LogP contribution in [0.5, 0.6) is 0 Å². The number of hydrogen-bond acceptors (Lipinski definition) is 3. The molecule has 1 saturated heterocycles. The van der Waals surface area contributed by atoms with Gasteiger partial charge in [0, 0.05) is 25.3 Å². The number of ether oxygens (including phenoxy) is 1. The van der Waals surface area contributed by atoms with Crippen LogP contribution in [0.15, 0.2) is 0 Å². The third kappa shape index (κ3) is 4.73. The minimum Gasteiger partial charge on any atom is -0.381 e. The largest absolute Gasteiger partial charge is 0.381 e. The lowest BCUT2D eigenvalue weighted by Gasteiger charge is -2.39. The third-order valence-electron chi connectivity index (χ3n) is 5.22. The van der Waals surface area contributed by atoms with Crippen LogP contribution in [0.25, 0.3) is 0 Å². The van der Waals surface area contributed by atoms with Crippen LogP contribution in [0.4, 0.5) is 0 Å². The highest BCUT2D eigenvalue weighted by Crippen LogP contribution is 2.30. The maximum absolute atomic E-state index is 5.44. The standard InChI is InChI=1S/C16H32N2O/c1-17-16(8-4-3-5-9-16)10-11-18(2)14-15-6-12-19-13-7-15/h15,17H,3-14H2,1-2H3. The van der Waals surface area contributed by atoms with Crippen molar-refractivity contribution in [3.8, 4) is 0 Å². The first-order chi connectivity index (χ1) is 9.24. The van der Waals surface area contributed by atoms with E-state index in [1.54, 1.807) is 0 Å². The van der Waals surface area contributed by atoms with Gasteiger partial charge in [-0.05, 0) is 58.7 Å². The molecule has 0 aromatic rings. The van der Waals surface area contributed by atoms with Crippen molar-refractivity contribution in [3.63, 3.8) is 0 Å². The molecule has 1 aliphatic carbocycles. The average molecular weight is 268 g/mol. The number of nitrogens with one attached hydrogen (secondary N) is 1. The fourth-order valence-corrected chi connectivity index (χ4v) is 3.72. The quantitative estimate of drug-likeness (QED) is 0.801. The Balaban J connectivity index is 1.70. The van der Waals surface area contributed by atoms with Gasteiger partial charge in [0.2, 0.25) is 0 Å². The Labute approximate surface area is 119 Å². The highest BCUT2D eigenvalue weighted by molar-refractivity contribution is 4.90. The Morgan fingerprint density at radius 3 is 2.47 bits per heavy atom. The fourth-order valence-electron chi connectivity index (χ4n) is 3.72. The summed E-state index contributed by atoms with van der Waals surface area (Å²) in [5.41, 5.74) is 0.433. The Morgan fingerprint density at radius 1 is 1.16 bits per heavy atom. The Morgan fingerprint density at radius 2 is 1.84 bits per heavy atom. The minimum atomic E-state index is 0.433. The molecule has 19 heavy (non-hydrogen) atoms. The van der Waals surface area contributed by atoms with E-state index in [0.29, 0.717) is 5.54 Å². The van der Waals surface area contributed by atoms with Crippen LogP contribution in [0.3, 0.4) is 0 Å². The summed E-state index contributed by atoms with van der Waals surface area (Å²) in [6.07, 6.45) is 10.8. The molecular weight excluding hydrogens is 236 g/mol. The van der Waals surface area contributed by atoms with Crippen molar-refractivity contribution in [3.05, 3.63) is 0 Å². The van der Waals surface area contributed by atoms with Gasteiger partial charge in [0.25, 0.3) is 0 Å². The Bertz CT molecular complexity index is 245. The Hall–Kier alpha value is -0.120. The first-order valence-corrected chi connectivity index (χ1v) is 8.19. The van der Waals surface area contributed by atoms with Crippen molar-refractivity contribution < 1.29 is 4.74 Å². The van der Waals surface area contributed by atoms with E-state index in [4.69, 9.17) is 4.74 Å². The van der Waals surface area contributed by atoms with Gasteiger partial charge in [-0.25, -0.2) is 0 Å². The van der Waals surface area contributed by atoms with Crippen LogP contribution >= 0.6 is 0 Å². The third-order valence-corrected chi connectivity index (χ3v) is 5.22. The summed E-state index contributed by atoms with van der Waals surface area (Å²) in [5.74, 6) is 0.857. The zero-order chi connectivity index (χ0) is 13.6. The van der Waals surface area contributed by atoms with Crippen molar-refractivity contribution in [2.75, 3.05) is 40.4 Å². The molecule has 1 N–H and O–H groups in total. The van der Waals surface area contributed by atoms with Crippen LogP contribution in [0.1, 0.15) is 51.4 Å². The van der Waals surface area contributed by atoms with Crippen molar-refractivity contribution in [1.29, 1.82) is 0 Å². The molecule has 1 aliphatic heterocycles. The van der Waals surface area contributed by atoms with Crippen molar-refractivity contribution in [2.45, 2.75) is 56.9 Å². The normalized spacial score (nSPS) is 24.8. The summed E-state index contributed by atoms with van der Waals surface area (Å²) < 4.78 is 5.44. The molecule has 3 nitrogen and oxygen atoms in total. The molecule has 2 fully saturated rings.